The molecule has 202 valence electrons. The van der Waals surface area contributed by atoms with Gasteiger partial charge in [0, 0.05) is 17.2 Å². The average Bonchev–Trinajstić information content (AvgIpc) is 3.33. The third-order valence-electron chi connectivity index (χ3n) is 6.10. The van der Waals surface area contributed by atoms with Crippen LogP contribution in [0.15, 0.2) is 65.5 Å². The number of para-hydroxylation sites is 2. The Hall–Kier alpha value is -5.13. The molecule has 0 radical (unpaired) electrons. The molecule has 4 aromatic rings. The Kier molecular flexibility index (Phi) is 7.94. The highest BCUT2D eigenvalue weighted by Gasteiger charge is 2.26. The van der Waals surface area contributed by atoms with E-state index >= 15 is 4.39 Å². The number of nitrogens with one attached hydrogen (secondary N) is 3. The first-order valence-electron chi connectivity index (χ1n) is 11.7. The zero-order chi connectivity index (χ0) is 28.1. The second-order valence-electron chi connectivity index (χ2n) is 8.46. The summed E-state index contributed by atoms with van der Waals surface area (Å²) in [6, 6.07) is 16.2. The molecule has 0 fully saturated rings. The highest BCUT2D eigenvalue weighted by atomic mass is 19.1. The average molecular weight is 535 g/mol. The van der Waals surface area contributed by atoms with E-state index in [1.807, 2.05) is 0 Å². The molecule has 1 amide bonds. The van der Waals surface area contributed by atoms with Crippen molar-refractivity contribution in [2.75, 3.05) is 26.6 Å². The van der Waals surface area contributed by atoms with Crippen LogP contribution in [0.25, 0.3) is 5.69 Å². The van der Waals surface area contributed by atoms with Crippen LogP contribution in [-0.4, -0.2) is 48.0 Å². The van der Waals surface area contributed by atoms with Crippen LogP contribution in [-0.2, 0) is 11.2 Å². The predicted octanol–water partition coefficient (Wildman–Crippen LogP) is 3.55. The molecular formula is C27H27FN6O5. The van der Waals surface area contributed by atoms with Gasteiger partial charge < -0.3 is 19.9 Å². The van der Waals surface area contributed by atoms with Crippen molar-refractivity contribution in [3.05, 3.63) is 99.5 Å². The first-order chi connectivity index (χ1) is 18.7. The van der Waals surface area contributed by atoms with Gasteiger partial charge in [-0.2, -0.15) is 4.68 Å². The second-order valence-corrected chi connectivity index (χ2v) is 8.46. The number of nitrogens with zero attached hydrogens (tertiary/aromatic N) is 2. The van der Waals surface area contributed by atoms with Gasteiger partial charge in [0.2, 0.25) is 0 Å². The Balaban J connectivity index is 1.84. The minimum Gasteiger partial charge on any atom is -0.493 e. The molecule has 4 rings (SSSR count). The molecule has 1 unspecified atom stereocenters. The number of aromatic nitrogens is 3. The lowest BCUT2D eigenvalue weighted by atomic mass is 9.90. The van der Waals surface area contributed by atoms with Gasteiger partial charge in [-0.15, -0.1) is 5.10 Å². The van der Waals surface area contributed by atoms with E-state index in [4.69, 9.17) is 20.6 Å². The molecule has 0 saturated heterocycles. The Morgan fingerprint density at radius 3 is 2.41 bits per heavy atom. The van der Waals surface area contributed by atoms with E-state index in [1.54, 1.807) is 48.5 Å². The number of nitrogens with two attached hydrogens (primary N) is 1. The molecule has 39 heavy (non-hydrogen) atoms. The summed E-state index contributed by atoms with van der Waals surface area (Å²) < 4.78 is 31.8. The normalized spacial score (nSPS) is 11.5. The fourth-order valence-corrected chi connectivity index (χ4v) is 4.13. The van der Waals surface area contributed by atoms with Crippen LogP contribution in [0.2, 0.25) is 0 Å². The first-order valence-corrected chi connectivity index (χ1v) is 11.7. The largest absolute Gasteiger partial charge is 0.493 e. The van der Waals surface area contributed by atoms with Crippen molar-refractivity contribution in [2.45, 2.75) is 12.3 Å². The van der Waals surface area contributed by atoms with Crippen molar-refractivity contribution in [2.24, 2.45) is 5.73 Å². The number of rotatable bonds is 9. The Morgan fingerprint density at radius 1 is 1.10 bits per heavy atom. The number of ether oxygens (including phenoxy) is 3. The van der Waals surface area contributed by atoms with Crippen LogP contribution >= 0.6 is 0 Å². The van der Waals surface area contributed by atoms with Crippen molar-refractivity contribution < 1.29 is 23.4 Å². The number of H-pyrrole nitrogens is 1. The zero-order valence-corrected chi connectivity index (χ0v) is 21.4. The SMILES string of the molecule is COC(=O)Nc1ccccc1-n1nc(C(Cc2ccc(C(=N)N)cc2)c2cc(OC)c(OC)cc2F)[nH]c1=O. The van der Waals surface area contributed by atoms with E-state index in [1.165, 1.54) is 33.5 Å². The Labute approximate surface area is 222 Å². The van der Waals surface area contributed by atoms with Gasteiger partial charge in [-0.1, -0.05) is 36.4 Å². The van der Waals surface area contributed by atoms with E-state index < -0.39 is 23.5 Å². The maximum Gasteiger partial charge on any atom is 0.411 e. The highest BCUT2D eigenvalue weighted by molar-refractivity contribution is 5.94. The van der Waals surface area contributed by atoms with Crippen molar-refractivity contribution >= 4 is 17.6 Å². The molecule has 3 aromatic carbocycles. The maximum atomic E-state index is 15.5. The maximum absolute atomic E-state index is 15.5. The Morgan fingerprint density at radius 2 is 1.77 bits per heavy atom. The lowest BCUT2D eigenvalue weighted by Gasteiger charge is -2.18. The number of amidine groups is 1. The van der Waals surface area contributed by atoms with Gasteiger partial charge >= 0.3 is 11.8 Å². The molecule has 5 N–H and O–H groups in total. The summed E-state index contributed by atoms with van der Waals surface area (Å²) in [6.07, 6.45) is -0.481. The molecule has 0 spiro atoms. The summed E-state index contributed by atoms with van der Waals surface area (Å²) in [5, 5.41) is 14.7. The summed E-state index contributed by atoms with van der Waals surface area (Å²) in [5.41, 5.74) is 7.09. The number of methoxy groups -OCH3 is 3. The van der Waals surface area contributed by atoms with Crippen LogP contribution in [0.5, 0.6) is 11.5 Å². The Bertz CT molecular complexity index is 1560. The van der Waals surface area contributed by atoms with Crippen LogP contribution in [0, 0.1) is 11.2 Å². The van der Waals surface area contributed by atoms with Crippen molar-refractivity contribution in [1.82, 2.24) is 14.8 Å². The first kappa shape index (κ1) is 26.9. The topological polar surface area (TPSA) is 157 Å². The molecule has 1 heterocycles. The van der Waals surface area contributed by atoms with Gasteiger partial charge in [0.25, 0.3) is 0 Å². The minimum absolute atomic E-state index is 0.0775. The van der Waals surface area contributed by atoms with Gasteiger partial charge in [0.1, 0.15) is 17.5 Å². The van der Waals surface area contributed by atoms with E-state index in [0.29, 0.717) is 11.3 Å². The quantitative estimate of drug-likeness (QED) is 0.189. The van der Waals surface area contributed by atoms with Gasteiger partial charge in [-0.3, -0.25) is 15.7 Å². The molecule has 0 aliphatic carbocycles. The van der Waals surface area contributed by atoms with Crippen LogP contribution < -0.4 is 26.2 Å². The number of benzene rings is 3. The molecule has 0 saturated carbocycles. The highest BCUT2D eigenvalue weighted by Crippen LogP contribution is 2.36. The van der Waals surface area contributed by atoms with Gasteiger partial charge in [-0.05, 0) is 30.2 Å². The fourth-order valence-electron chi connectivity index (χ4n) is 4.13. The molecule has 1 atom stereocenters. The molecular weight excluding hydrogens is 507 g/mol. The third kappa shape index (κ3) is 5.74. The van der Waals surface area contributed by atoms with E-state index in [9.17, 15) is 9.59 Å². The van der Waals surface area contributed by atoms with Crippen LogP contribution in [0.4, 0.5) is 14.9 Å². The van der Waals surface area contributed by atoms with Crippen LogP contribution in [0.3, 0.4) is 0 Å². The fraction of sp³-hybridized carbons (Fsp3) is 0.185. The van der Waals surface area contributed by atoms with Crippen LogP contribution in [0.1, 0.15) is 28.4 Å². The molecule has 0 aliphatic rings. The number of carbonyl (C=O) groups excluding carboxylic acids is 1. The number of anilines is 1. The van der Waals surface area contributed by atoms with Crippen molar-refractivity contribution in [3.8, 4) is 17.2 Å². The van der Waals surface area contributed by atoms with Gasteiger partial charge in [0.15, 0.2) is 11.5 Å². The minimum atomic E-state index is -0.761. The van der Waals surface area contributed by atoms with Gasteiger partial charge in [0.05, 0.1) is 38.6 Å². The summed E-state index contributed by atoms with van der Waals surface area (Å²) in [7, 11) is 4.07. The summed E-state index contributed by atoms with van der Waals surface area (Å²) in [6.45, 7) is 0. The van der Waals surface area contributed by atoms with E-state index in [2.05, 4.69) is 20.1 Å². The monoisotopic (exact) mass is 534 g/mol. The predicted molar refractivity (Wildman–Crippen MR) is 143 cm³/mol. The lowest BCUT2D eigenvalue weighted by Crippen LogP contribution is -2.19. The number of amides is 1. The number of hydrogen-bond donors (Lipinski definition) is 4. The zero-order valence-electron chi connectivity index (χ0n) is 21.4. The number of carbonyl (C=O) groups is 1. The smallest absolute Gasteiger partial charge is 0.411 e. The molecule has 0 bridgehead atoms. The summed E-state index contributed by atoms with van der Waals surface area (Å²) in [4.78, 5) is 27.7. The van der Waals surface area contributed by atoms with Gasteiger partial charge in [-0.25, -0.2) is 14.0 Å². The molecule has 1 aromatic heterocycles. The standard InChI is InChI=1S/C27H27FN6O5/c1-37-22-13-17(19(28)14-23(22)38-2)18(12-15-8-10-16(11-9-15)24(29)30)25-32-26(35)34(33-25)21-7-5-4-6-20(21)31-27(36)39-3/h4-11,13-14,18H,12H2,1-3H3,(H3,29,30)(H,31,36)(H,32,33,35). The number of nitrogen functional groups attached to an aromatic ring is 1. The number of halogens is 1. The third-order valence-corrected chi connectivity index (χ3v) is 6.10. The van der Waals surface area contributed by atoms with Crippen molar-refractivity contribution in [1.29, 1.82) is 5.41 Å². The van der Waals surface area contributed by atoms with Crippen molar-refractivity contribution in [3.63, 3.8) is 0 Å². The molecule has 0 aliphatic heterocycles. The number of aromatic amines is 1. The molecule has 12 heteroatoms. The summed E-state index contributed by atoms with van der Waals surface area (Å²) >= 11 is 0. The molecule has 11 nitrogen and oxygen atoms in total. The lowest BCUT2D eigenvalue weighted by molar-refractivity contribution is 0.187. The van der Waals surface area contributed by atoms with E-state index in [0.717, 1.165) is 10.2 Å². The second kappa shape index (κ2) is 11.5. The number of hydrogen-bond acceptors (Lipinski definition) is 7. The summed E-state index contributed by atoms with van der Waals surface area (Å²) in [5.74, 6) is -0.727. The van der Waals surface area contributed by atoms with E-state index in [-0.39, 0.29) is 40.8 Å².